The van der Waals surface area contributed by atoms with Gasteiger partial charge in [0.25, 0.3) is 0 Å². The smallest absolute Gasteiger partial charge is 0.351 e. The average molecular weight is 488 g/mol. The largest absolute Gasteiger partial charge is 0.461 e. The number of nitrogens with zero attached hydrogens (tertiary/aromatic N) is 2. The number of ether oxygens (including phenoxy) is 3. The second kappa shape index (κ2) is 10.6. The summed E-state index contributed by atoms with van der Waals surface area (Å²) in [7, 11) is 0. The van der Waals surface area contributed by atoms with Gasteiger partial charge in [-0.1, -0.05) is 40.3 Å². The topological polar surface area (TPSA) is 175 Å². The Labute approximate surface area is 195 Å². The molecule has 1 aliphatic heterocycles. The molecule has 6 N–H and O–H groups in total. The first-order valence-corrected chi connectivity index (χ1v) is 10.6. The number of alkyl halides is 1. The highest BCUT2D eigenvalue weighted by Gasteiger charge is 2.59. The molecule has 2 heterocycles. The lowest BCUT2D eigenvalue weighted by Crippen LogP contribution is -2.51. The number of anilines is 1. The van der Waals surface area contributed by atoms with Crippen LogP contribution in [-0.2, 0) is 23.8 Å². The number of carbonyl (C=O) groups excluding carboxylic acids is 2. The lowest BCUT2D eigenvalue weighted by Gasteiger charge is -2.31. The van der Waals surface area contributed by atoms with E-state index in [1.807, 2.05) is 0 Å². The van der Waals surface area contributed by atoms with Gasteiger partial charge in [-0.25, -0.2) is 13.6 Å². The maximum absolute atomic E-state index is 15.7. The van der Waals surface area contributed by atoms with Gasteiger partial charge in [-0.3, -0.25) is 14.2 Å². The minimum Gasteiger partial charge on any atom is -0.461 e. The number of esters is 2. The number of hydrogen-bond donors (Lipinski definition) is 3. The van der Waals surface area contributed by atoms with Crippen molar-refractivity contribution >= 4 is 17.8 Å². The quantitative estimate of drug-likeness (QED) is 0.322. The van der Waals surface area contributed by atoms with Crippen molar-refractivity contribution in [2.45, 2.75) is 63.9 Å². The van der Waals surface area contributed by atoms with Crippen LogP contribution >= 0.6 is 0 Å². The van der Waals surface area contributed by atoms with Gasteiger partial charge >= 0.3 is 17.6 Å². The molecule has 1 fully saturated rings. The summed E-state index contributed by atoms with van der Waals surface area (Å²) >= 11 is 0. The predicted octanol–water partition coefficient (Wildman–Crippen LogP) is 0.178. The van der Waals surface area contributed by atoms with Crippen LogP contribution in [0.3, 0.4) is 0 Å². The van der Waals surface area contributed by atoms with E-state index in [0.717, 1.165) is 6.08 Å². The Morgan fingerprint density at radius 3 is 2.35 bits per heavy atom. The fourth-order valence-electron chi connectivity index (χ4n) is 3.16. The summed E-state index contributed by atoms with van der Waals surface area (Å²) < 4.78 is 46.4. The Hall–Kier alpha value is -2.90. The minimum absolute atomic E-state index is 0.265. The molecule has 13 heteroatoms. The normalized spacial score (nSPS) is 26.4. The van der Waals surface area contributed by atoms with Crippen molar-refractivity contribution in [3.05, 3.63) is 35.2 Å². The number of carbonyl (C=O) groups is 2. The molecule has 11 nitrogen and oxygen atoms in total. The summed E-state index contributed by atoms with van der Waals surface area (Å²) in [6.07, 6.45) is -4.14. The van der Waals surface area contributed by atoms with E-state index in [2.05, 4.69) is 11.6 Å². The molecule has 1 aromatic rings. The van der Waals surface area contributed by atoms with E-state index in [0.29, 0.717) is 10.8 Å². The van der Waals surface area contributed by atoms with Crippen molar-refractivity contribution in [2.75, 3.05) is 12.3 Å². The second-order valence-electron chi connectivity index (χ2n) is 8.78. The first kappa shape index (κ1) is 27.3. The summed E-state index contributed by atoms with van der Waals surface area (Å²) in [6.45, 7) is 9.64. The third-order valence-electron chi connectivity index (χ3n) is 5.60. The van der Waals surface area contributed by atoms with Crippen LogP contribution in [0.5, 0.6) is 0 Å². The second-order valence-corrected chi connectivity index (χ2v) is 8.78. The Kier molecular flexibility index (Phi) is 8.50. The van der Waals surface area contributed by atoms with Crippen LogP contribution in [0.4, 0.5) is 14.6 Å². The number of hydrogen-bond acceptors (Lipinski definition) is 10. The van der Waals surface area contributed by atoms with E-state index < -0.39 is 72.1 Å². The minimum atomic E-state index is -2.23. The van der Waals surface area contributed by atoms with Gasteiger partial charge in [-0.2, -0.15) is 4.98 Å². The Morgan fingerprint density at radius 2 is 1.82 bits per heavy atom. The molecule has 0 unspecified atom stereocenters. The summed E-state index contributed by atoms with van der Waals surface area (Å²) in [4.78, 5) is 40.4. The highest BCUT2D eigenvalue weighted by Crippen LogP contribution is 2.42. The highest BCUT2D eigenvalue weighted by atomic mass is 19.1. The van der Waals surface area contributed by atoms with Gasteiger partial charge in [-0.05, 0) is 11.8 Å². The van der Waals surface area contributed by atoms with E-state index in [1.54, 1.807) is 27.7 Å². The van der Waals surface area contributed by atoms with Gasteiger partial charge in [0.2, 0.25) is 0 Å². The Bertz CT molecular complexity index is 987. The standard InChI is InChI=1S/C21H31F2N5O6/c1-6-21(8-32-18(29)13(24)9(2)3)15(33-19(30)14(25)10(4)5)12(23)17(34-21)28-7-11(22)16(26)27-20(28)31/h6-7,9-10,12-15,17H,1,8,24-25H2,2-5H3,(H2,26,27,31)/t12-,13-,14-,15-,17+,21+/m0/s1. The van der Waals surface area contributed by atoms with Gasteiger partial charge in [0, 0.05) is 0 Å². The van der Waals surface area contributed by atoms with Crippen molar-refractivity contribution in [2.24, 2.45) is 23.3 Å². The van der Waals surface area contributed by atoms with Crippen LogP contribution in [0.2, 0.25) is 0 Å². The SMILES string of the molecule is C=C[C@]1(COC(=O)[C@@H](N)C(C)C)O[C@@H](n2cc(F)c(N)nc2=O)[C@@H](F)[C@@H]1OC(=O)[C@@H](N)C(C)C. The Morgan fingerprint density at radius 1 is 1.26 bits per heavy atom. The zero-order chi connectivity index (χ0) is 26.0. The van der Waals surface area contributed by atoms with Crippen molar-refractivity contribution in [1.29, 1.82) is 0 Å². The maximum atomic E-state index is 15.7. The van der Waals surface area contributed by atoms with Gasteiger partial charge in [0.1, 0.15) is 18.7 Å². The lowest BCUT2D eigenvalue weighted by atomic mass is 9.95. The van der Waals surface area contributed by atoms with Crippen LogP contribution in [-0.4, -0.2) is 58.1 Å². The predicted molar refractivity (Wildman–Crippen MR) is 117 cm³/mol. The zero-order valence-corrected chi connectivity index (χ0v) is 19.4. The first-order chi connectivity index (χ1) is 15.8. The van der Waals surface area contributed by atoms with Crippen molar-refractivity contribution in [1.82, 2.24) is 9.55 Å². The fourth-order valence-corrected chi connectivity index (χ4v) is 3.16. The van der Waals surface area contributed by atoms with Gasteiger partial charge in [0.05, 0.1) is 6.20 Å². The van der Waals surface area contributed by atoms with Gasteiger partial charge < -0.3 is 31.4 Å². The van der Waals surface area contributed by atoms with Crippen molar-refractivity contribution in [3.8, 4) is 0 Å². The number of halogens is 2. The van der Waals surface area contributed by atoms with E-state index in [4.69, 9.17) is 31.4 Å². The zero-order valence-electron chi connectivity index (χ0n) is 19.4. The summed E-state index contributed by atoms with van der Waals surface area (Å²) in [5, 5.41) is 0. The van der Waals surface area contributed by atoms with Gasteiger partial charge in [-0.15, -0.1) is 0 Å². The number of nitrogens with two attached hydrogens (primary N) is 3. The molecule has 2 rings (SSSR count). The molecule has 0 aromatic carbocycles. The van der Waals surface area contributed by atoms with Crippen LogP contribution in [0.15, 0.2) is 23.6 Å². The monoisotopic (exact) mass is 487 g/mol. The maximum Gasteiger partial charge on any atom is 0.351 e. The highest BCUT2D eigenvalue weighted by molar-refractivity contribution is 5.76. The van der Waals surface area contributed by atoms with Crippen LogP contribution in [0, 0.1) is 17.7 Å². The van der Waals surface area contributed by atoms with E-state index in [-0.39, 0.29) is 11.8 Å². The third kappa shape index (κ3) is 5.42. The van der Waals surface area contributed by atoms with Crippen molar-refractivity contribution in [3.63, 3.8) is 0 Å². The number of rotatable bonds is 9. The molecule has 0 spiro atoms. The first-order valence-electron chi connectivity index (χ1n) is 10.6. The van der Waals surface area contributed by atoms with Crippen LogP contribution in [0.1, 0.15) is 33.9 Å². The molecule has 1 saturated heterocycles. The lowest BCUT2D eigenvalue weighted by molar-refractivity contribution is -0.171. The molecule has 1 aliphatic rings. The van der Waals surface area contributed by atoms with Crippen molar-refractivity contribution < 1.29 is 32.6 Å². The van der Waals surface area contributed by atoms with Gasteiger partial charge in [0.15, 0.2) is 35.7 Å². The van der Waals surface area contributed by atoms with E-state index >= 15 is 4.39 Å². The van der Waals surface area contributed by atoms with E-state index in [1.165, 1.54) is 0 Å². The number of nitrogen functional groups attached to an aromatic ring is 1. The molecule has 0 amide bonds. The average Bonchev–Trinajstić information content (AvgIpc) is 3.05. The molecular formula is C21H31F2N5O6. The Balaban J connectivity index is 2.47. The molecule has 0 radical (unpaired) electrons. The van der Waals surface area contributed by atoms with Crippen LogP contribution in [0.25, 0.3) is 0 Å². The molecule has 34 heavy (non-hydrogen) atoms. The number of aromatic nitrogens is 2. The third-order valence-corrected chi connectivity index (χ3v) is 5.60. The molecule has 190 valence electrons. The molecule has 6 atom stereocenters. The molecule has 0 saturated carbocycles. The summed E-state index contributed by atoms with van der Waals surface area (Å²) in [5.74, 6) is -4.18. The summed E-state index contributed by atoms with van der Waals surface area (Å²) in [6, 6.07) is -2.10. The summed E-state index contributed by atoms with van der Waals surface area (Å²) in [5.41, 5.74) is 13.8. The fraction of sp³-hybridized carbons (Fsp3) is 0.619. The van der Waals surface area contributed by atoms with Crippen LogP contribution < -0.4 is 22.9 Å². The molecule has 1 aromatic heterocycles. The molecular weight excluding hydrogens is 456 g/mol. The van der Waals surface area contributed by atoms with E-state index in [9.17, 15) is 18.8 Å². The molecule has 0 aliphatic carbocycles. The molecule has 0 bridgehead atoms.